The van der Waals surface area contributed by atoms with E-state index in [0.717, 1.165) is 0 Å². The lowest BCUT2D eigenvalue weighted by Gasteiger charge is -2.52. The second-order valence-electron chi connectivity index (χ2n) is 5.97. The number of benzene rings is 1. The molecule has 0 radical (unpaired) electrons. The van der Waals surface area contributed by atoms with E-state index in [0.29, 0.717) is 22.3 Å². The minimum atomic E-state index is -1.03. The van der Waals surface area contributed by atoms with Gasteiger partial charge in [-0.25, -0.2) is 4.39 Å². The molecule has 0 spiro atoms. The molecule has 124 valence electrons. The van der Waals surface area contributed by atoms with Gasteiger partial charge in [-0.05, 0) is 24.6 Å². The Morgan fingerprint density at radius 3 is 3.04 bits per heavy atom. The lowest BCUT2D eigenvalue weighted by atomic mass is 9.72. The lowest BCUT2D eigenvalue weighted by Crippen LogP contribution is -2.66. The molecular weight excluding hydrogens is 367 g/mol. The van der Waals surface area contributed by atoms with E-state index in [2.05, 4.69) is 27.8 Å². The van der Waals surface area contributed by atoms with Crippen LogP contribution in [0.3, 0.4) is 0 Å². The summed E-state index contributed by atoms with van der Waals surface area (Å²) in [5, 5.41) is 12.6. The smallest absolute Gasteiger partial charge is 0.233 e. The maximum absolute atomic E-state index is 14.5. The van der Waals surface area contributed by atoms with E-state index in [4.69, 9.17) is 4.74 Å². The molecule has 2 aliphatic heterocycles. The average Bonchev–Trinajstić information content (AvgIpc) is 2.54. The van der Waals surface area contributed by atoms with Crippen LogP contribution in [0.4, 0.5) is 4.39 Å². The lowest BCUT2D eigenvalue weighted by molar-refractivity contribution is -0.156. The molecular formula is C16H18BrFN2O3. The van der Waals surface area contributed by atoms with Gasteiger partial charge in [0.2, 0.25) is 5.91 Å². The van der Waals surface area contributed by atoms with E-state index < -0.39 is 23.4 Å². The summed E-state index contributed by atoms with van der Waals surface area (Å²) in [4.78, 5) is 14.2. The number of aliphatic hydroxyl groups excluding tert-OH is 1. The number of ether oxygens (including phenoxy) is 1. The fourth-order valence-electron chi connectivity index (χ4n) is 3.32. The number of nitrogens with one attached hydrogen (secondary N) is 1. The van der Waals surface area contributed by atoms with E-state index in [1.807, 2.05) is 0 Å². The fourth-order valence-corrected chi connectivity index (χ4v) is 3.69. The highest BCUT2D eigenvalue weighted by atomic mass is 79.9. The largest absolute Gasteiger partial charge is 0.394 e. The van der Waals surface area contributed by atoms with Gasteiger partial charge in [0, 0.05) is 17.1 Å². The van der Waals surface area contributed by atoms with Crippen molar-refractivity contribution in [1.29, 1.82) is 0 Å². The monoisotopic (exact) mass is 384 g/mol. The van der Waals surface area contributed by atoms with Crippen LogP contribution in [-0.2, 0) is 15.1 Å². The first-order valence-electron chi connectivity index (χ1n) is 7.31. The highest BCUT2D eigenvalue weighted by molar-refractivity contribution is 9.10. The van der Waals surface area contributed by atoms with Crippen molar-refractivity contribution in [1.82, 2.24) is 10.2 Å². The minimum Gasteiger partial charge on any atom is -0.394 e. The zero-order valence-electron chi connectivity index (χ0n) is 12.7. The van der Waals surface area contributed by atoms with E-state index in [9.17, 15) is 14.3 Å². The third-order valence-corrected chi connectivity index (χ3v) is 5.15. The van der Waals surface area contributed by atoms with Crippen LogP contribution >= 0.6 is 15.9 Å². The van der Waals surface area contributed by atoms with E-state index >= 15 is 0 Å². The van der Waals surface area contributed by atoms with Gasteiger partial charge in [-0.1, -0.05) is 22.5 Å². The predicted molar refractivity (Wildman–Crippen MR) is 85.8 cm³/mol. The predicted octanol–water partition coefficient (Wildman–Crippen LogP) is 1.71. The number of hydrogen-bond donors (Lipinski definition) is 2. The first kappa shape index (κ1) is 16.4. The van der Waals surface area contributed by atoms with Crippen molar-refractivity contribution in [2.24, 2.45) is 5.92 Å². The summed E-state index contributed by atoms with van der Waals surface area (Å²) < 4.78 is 20.9. The Bertz CT molecular complexity index is 669. The van der Waals surface area contributed by atoms with E-state index in [-0.39, 0.29) is 19.1 Å². The topological polar surface area (TPSA) is 61.8 Å². The molecule has 0 unspecified atom stereocenters. The van der Waals surface area contributed by atoms with Crippen LogP contribution in [0.1, 0.15) is 12.0 Å². The molecule has 5 nitrogen and oxygen atoms in total. The number of fused-ring (bicyclic) bond motifs is 1. The van der Waals surface area contributed by atoms with E-state index in [1.165, 1.54) is 11.0 Å². The maximum Gasteiger partial charge on any atom is 0.233 e. The first-order valence-corrected chi connectivity index (χ1v) is 8.11. The van der Waals surface area contributed by atoms with Gasteiger partial charge >= 0.3 is 0 Å². The Kier molecular flexibility index (Phi) is 4.20. The second kappa shape index (κ2) is 5.89. The number of carbonyl (C=O) groups is 1. The van der Waals surface area contributed by atoms with Crippen molar-refractivity contribution in [3.63, 3.8) is 0 Å². The summed E-state index contributed by atoms with van der Waals surface area (Å²) in [6.45, 7) is 3.76. The zero-order valence-corrected chi connectivity index (χ0v) is 14.3. The summed E-state index contributed by atoms with van der Waals surface area (Å²) in [7, 11) is 1.63. The number of hydrogen-bond acceptors (Lipinski definition) is 4. The van der Waals surface area contributed by atoms with Crippen molar-refractivity contribution in [3.05, 3.63) is 46.5 Å². The number of carbonyl (C=O) groups excluding carboxylic acids is 1. The molecule has 1 aromatic rings. The van der Waals surface area contributed by atoms with Crippen molar-refractivity contribution >= 4 is 21.8 Å². The molecule has 23 heavy (non-hydrogen) atoms. The van der Waals surface area contributed by atoms with Gasteiger partial charge in [0.1, 0.15) is 17.2 Å². The van der Waals surface area contributed by atoms with Crippen LogP contribution in [0.5, 0.6) is 0 Å². The number of rotatable bonds is 2. The molecule has 0 aliphatic carbocycles. The average molecular weight is 385 g/mol. The molecule has 1 aromatic carbocycles. The molecule has 2 fully saturated rings. The van der Waals surface area contributed by atoms with Crippen LogP contribution in [0.2, 0.25) is 0 Å². The number of aliphatic hydroxyl groups is 1. The van der Waals surface area contributed by atoms with Crippen molar-refractivity contribution < 1.29 is 19.0 Å². The third-order valence-electron chi connectivity index (χ3n) is 4.65. The van der Waals surface area contributed by atoms with Gasteiger partial charge in [0.15, 0.2) is 0 Å². The quantitative estimate of drug-likeness (QED) is 0.814. The Labute approximate surface area is 142 Å². The molecule has 1 amide bonds. The van der Waals surface area contributed by atoms with Crippen LogP contribution in [0, 0.1) is 11.7 Å². The molecule has 7 heteroatoms. The molecule has 2 saturated heterocycles. The normalized spacial score (nSPS) is 30.9. The summed E-state index contributed by atoms with van der Waals surface area (Å²) in [6, 6.07) is 4.62. The van der Waals surface area contributed by atoms with Crippen LogP contribution < -0.4 is 5.32 Å². The summed E-state index contributed by atoms with van der Waals surface area (Å²) in [5.74, 6) is -0.721. The fraction of sp³-hybridized carbons (Fsp3) is 0.438. The highest BCUT2D eigenvalue weighted by Crippen LogP contribution is 2.44. The molecule has 3 atom stereocenters. The number of nitrogens with zero attached hydrogens (tertiary/aromatic N) is 1. The SMILES string of the molecule is C=C1N[C@@]2(c3cc(Br)ccc3F)CO[C@@H](CO)C[C@H]2C(=O)N1C. The Morgan fingerprint density at radius 2 is 2.35 bits per heavy atom. The summed E-state index contributed by atoms with van der Waals surface area (Å²) >= 11 is 3.35. The van der Waals surface area contributed by atoms with Gasteiger partial charge < -0.3 is 20.1 Å². The van der Waals surface area contributed by atoms with Gasteiger partial charge in [-0.3, -0.25) is 4.79 Å². The molecule has 2 N–H and O–H groups in total. The molecule has 0 saturated carbocycles. The summed E-state index contributed by atoms with van der Waals surface area (Å²) in [5.41, 5.74) is -0.670. The highest BCUT2D eigenvalue weighted by Gasteiger charge is 2.54. The molecule has 3 rings (SSSR count). The van der Waals surface area contributed by atoms with Crippen molar-refractivity contribution in [2.45, 2.75) is 18.1 Å². The van der Waals surface area contributed by atoms with Crippen LogP contribution in [0.25, 0.3) is 0 Å². The first-order chi connectivity index (χ1) is 10.9. The van der Waals surface area contributed by atoms with Crippen LogP contribution in [0.15, 0.2) is 35.1 Å². The summed E-state index contributed by atoms with van der Waals surface area (Å²) in [6.07, 6.45) is -0.125. The van der Waals surface area contributed by atoms with E-state index in [1.54, 1.807) is 19.2 Å². The molecule has 0 aromatic heterocycles. The number of amides is 1. The molecule has 2 heterocycles. The van der Waals surface area contributed by atoms with Gasteiger partial charge in [-0.2, -0.15) is 0 Å². The Morgan fingerprint density at radius 1 is 1.61 bits per heavy atom. The zero-order chi connectivity index (χ0) is 16.8. The van der Waals surface area contributed by atoms with Crippen molar-refractivity contribution in [3.8, 4) is 0 Å². The van der Waals surface area contributed by atoms with Crippen LogP contribution in [-0.4, -0.2) is 42.3 Å². The van der Waals surface area contributed by atoms with Gasteiger partial charge in [-0.15, -0.1) is 0 Å². The second-order valence-corrected chi connectivity index (χ2v) is 6.88. The maximum atomic E-state index is 14.5. The minimum absolute atomic E-state index is 0.0782. The third kappa shape index (κ3) is 2.56. The van der Waals surface area contributed by atoms with Gasteiger partial charge in [0.05, 0.1) is 25.2 Å². The standard InChI is InChI=1S/C16H18BrFN2O3/c1-9-19-16(12-5-10(17)3-4-14(12)18)8-23-11(7-21)6-13(16)15(22)20(9)2/h3-5,11,13,19,21H,1,6-8H2,2H3/t11-,13+,16-/m1/s1. The number of halogens is 2. The molecule has 0 bridgehead atoms. The molecule has 2 aliphatic rings. The Hall–Kier alpha value is -1.44. The van der Waals surface area contributed by atoms with Gasteiger partial charge in [0.25, 0.3) is 0 Å². The van der Waals surface area contributed by atoms with Crippen molar-refractivity contribution in [2.75, 3.05) is 20.3 Å². The Balaban J connectivity index is 2.13.